The molecule has 0 bridgehead atoms. The van der Waals surface area contributed by atoms with Crippen molar-refractivity contribution >= 4 is 45.9 Å². The highest BCUT2D eigenvalue weighted by molar-refractivity contribution is 6.39. The highest BCUT2D eigenvalue weighted by Gasteiger charge is 2.17. The molecule has 9 heteroatoms. The van der Waals surface area contributed by atoms with E-state index in [4.69, 9.17) is 10.2 Å². The topological polar surface area (TPSA) is 162 Å². The number of carboxylic acid groups (broad SMARTS) is 2. The van der Waals surface area contributed by atoms with Crippen LogP contribution >= 0.6 is 0 Å². The van der Waals surface area contributed by atoms with E-state index in [9.17, 15) is 29.4 Å². The van der Waals surface area contributed by atoms with Crippen molar-refractivity contribution in [3.05, 3.63) is 53.7 Å². The number of aliphatic carboxylic acids is 2. The summed E-state index contributed by atoms with van der Waals surface area (Å²) in [5, 5.41) is 37.6. The maximum atomic E-state index is 11.3. The van der Waals surface area contributed by atoms with Crippen molar-refractivity contribution in [1.29, 1.82) is 0 Å². The second-order valence-corrected chi connectivity index (χ2v) is 4.97. The number of ketones is 2. The van der Waals surface area contributed by atoms with Crippen molar-refractivity contribution in [3.8, 4) is 0 Å². The largest absolute Gasteiger partial charge is 0.507 e. The molecule has 0 saturated carbocycles. The zero-order chi connectivity index (χ0) is 19.4. The number of carbonyl (C=O) groups excluding carboxylic acids is 2. The number of rotatable bonds is 6. The van der Waals surface area contributed by atoms with Gasteiger partial charge in [-0.15, -0.1) is 0 Å². The number of pyridine rings is 1. The van der Waals surface area contributed by atoms with Gasteiger partial charge in [-0.05, 0) is 12.1 Å². The van der Waals surface area contributed by atoms with E-state index in [-0.39, 0.29) is 16.8 Å². The third-order valence-electron chi connectivity index (χ3n) is 3.21. The highest BCUT2D eigenvalue weighted by atomic mass is 16.4. The van der Waals surface area contributed by atoms with E-state index in [2.05, 4.69) is 4.98 Å². The summed E-state index contributed by atoms with van der Waals surface area (Å²) in [5.41, 5.74) is -0.0515. The number of aliphatic hydroxyl groups is 2. The molecule has 0 amide bonds. The molecule has 1 aromatic carbocycles. The second-order valence-electron chi connectivity index (χ2n) is 4.97. The van der Waals surface area contributed by atoms with Gasteiger partial charge in [0.25, 0.3) is 11.6 Å². The molecule has 4 N–H and O–H groups in total. The van der Waals surface area contributed by atoms with Crippen molar-refractivity contribution in [2.24, 2.45) is 0 Å². The Balaban J connectivity index is 2.66. The molecule has 0 fully saturated rings. The monoisotopic (exact) mass is 357 g/mol. The fourth-order valence-corrected chi connectivity index (χ4v) is 2.04. The number of aliphatic hydroxyl groups excluding tert-OH is 2. The Bertz CT molecular complexity index is 1000. The number of carboxylic acids is 2. The molecule has 2 rings (SSSR count). The van der Waals surface area contributed by atoms with Gasteiger partial charge in [0.1, 0.15) is 17.2 Å². The van der Waals surface area contributed by atoms with Crippen LogP contribution in [0, 0.1) is 0 Å². The lowest BCUT2D eigenvalue weighted by Gasteiger charge is -2.08. The Kier molecular flexibility index (Phi) is 5.12. The summed E-state index contributed by atoms with van der Waals surface area (Å²) in [5.74, 6) is -7.79. The van der Waals surface area contributed by atoms with Crippen LogP contribution in [-0.2, 0) is 19.2 Å². The number of nitrogens with zero attached hydrogens (tertiary/aromatic N) is 1. The minimum absolute atomic E-state index is 0.0390. The average Bonchev–Trinajstić information content (AvgIpc) is 2.60. The van der Waals surface area contributed by atoms with Crippen molar-refractivity contribution in [3.63, 3.8) is 0 Å². The molecule has 0 atom stereocenters. The third-order valence-corrected chi connectivity index (χ3v) is 3.21. The van der Waals surface area contributed by atoms with Crippen LogP contribution in [0.3, 0.4) is 0 Å². The molecule has 0 aliphatic rings. The molecule has 9 nitrogen and oxygen atoms in total. The van der Waals surface area contributed by atoms with Gasteiger partial charge in [-0.1, -0.05) is 18.2 Å². The van der Waals surface area contributed by atoms with Crippen LogP contribution in [0.15, 0.2) is 42.5 Å². The smallest absolute Gasteiger partial charge is 0.376 e. The van der Waals surface area contributed by atoms with Crippen LogP contribution in [0.25, 0.3) is 22.4 Å². The normalized spacial score (nSPS) is 12.0. The standard InChI is InChI=1S/C17H11NO8/c19-12(6-14(21)16(23)24)9-5-11(13(20)7-15(22)17(25)26)18-10-4-2-1-3-8(9)10/h1-7,19-20H,(H,23,24)(H,25,26). The first-order valence-electron chi connectivity index (χ1n) is 6.97. The minimum Gasteiger partial charge on any atom is -0.507 e. The van der Waals surface area contributed by atoms with Crippen molar-refractivity contribution in [2.45, 2.75) is 0 Å². The summed E-state index contributed by atoms with van der Waals surface area (Å²) in [7, 11) is 0. The summed E-state index contributed by atoms with van der Waals surface area (Å²) in [6, 6.07) is 7.31. The molecule has 0 unspecified atom stereocenters. The lowest BCUT2D eigenvalue weighted by molar-refractivity contribution is -0.146. The van der Waals surface area contributed by atoms with Gasteiger partial charge in [-0.25, -0.2) is 14.6 Å². The van der Waals surface area contributed by atoms with Crippen molar-refractivity contribution in [1.82, 2.24) is 4.98 Å². The molecule has 26 heavy (non-hydrogen) atoms. The zero-order valence-electron chi connectivity index (χ0n) is 12.9. The molecule has 0 radical (unpaired) electrons. The lowest BCUT2D eigenvalue weighted by Crippen LogP contribution is -2.10. The maximum absolute atomic E-state index is 11.3. The van der Waals surface area contributed by atoms with Gasteiger partial charge in [0, 0.05) is 23.1 Å². The predicted molar refractivity (Wildman–Crippen MR) is 88.2 cm³/mol. The quantitative estimate of drug-likeness (QED) is 0.339. The Labute approximate surface area is 145 Å². The van der Waals surface area contributed by atoms with Gasteiger partial charge >= 0.3 is 11.9 Å². The van der Waals surface area contributed by atoms with Gasteiger partial charge in [0.2, 0.25) is 0 Å². The summed E-state index contributed by atoms with van der Waals surface area (Å²) >= 11 is 0. The number of aromatic nitrogens is 1. The van der Waals surface area contributed by atoms with Crippen LogP contribution in [0.2, 0.25) is 0 Å². The Morgan fingerprint density at radius 2 is 1.35 bits per heavy atom. The maximum Gasteiger partial charge on any atom is 0.376 e. The van der Waals surface area contributed by atoms with Crippen LogP contribution < -0.4 is 0 Å². The number of fused-ring (bicyclic) bond motifs is 1. The number of benzene rings is 1. The SMILES string of the molecule is O=C(O)C(=O)C=C(O)c1cc(C(O)=CC(=O)C(=O)O)c2ccccc2n1. The van der Waals surface area contributed by atoms with Gasteiger partial charge in [-0.2, -0.15) is 0 Å². The second kappa shape index (κ2) is 7.26. The number of hydrogen-bond acceptors (Lipinski definition) is 7. The molecule has 2 aromatic rings. The van der Waals surface area contributed by atoms with Gasteiger partial charge in [0.15, 0.2) is 0 Å². The van der Waals surface area contributed by atoms with Crippen LogP contribution in [0.4, 0.5) is 0 Å². The molecular weight excluding hydrogens is 346 g/mol. The Morgan fingerprint density at radius 1 is 0.808 bits per heavy atom. The minimum atomic E-state index is -1.78. The molecule has 132 valence electrons. The Morgan fingerprint density at radius 3 is 1.92 bits per heavy atom. The van der Waals surface area contributed by atoms with Gasteiger partial charge in [0.05, 0.1) is 5.52 Å². The van der Waals surface area contributed by atoms with E-state index in [0.717, 1.165) is 6.07 Å². The van der Waals surface area contributed by atoms with E-state index in [1.807, 2.05) is 0 Å². The summed E-state index contributed by atoms with van der Waals surface area (Å²) < 4.78 is 0. The molecule has 0 spiro atoms. The van der Waals surface area contributed by atoms with E-state index in [1.54, 1.807) is 12.1 Å². The summed E-state index contributed by atoms with van der Waals surface area (Å²) in [6.07, 6.45) is 0.920. The van der Waals surface area contributed by atoms with E-state index in [0.29, 0.717) is 17.5 Å². The Hall–Kier alpha value is -4.01. The summed E-state index contributed by atoms with van der Waals surface area (Å²) in [4.78, 5) is 47.7. The first-order chi connectivity index (χ1) is 12.2. The number of para-hydroxylation sites is 1. The van der Waals surface area contributed by atoms with Crippen LogP contribution in [0.1, 0.15) is 11.3 Å². The first kappa shape index (κ1) is 18.3. The third kappa shape index (κ3) is 3.90. The molecule has 0 aliphatic carbocycles. The zero-order valence-corrected chi connectivity index (χ0v) is 12.9. The average molecular weight is 357 g/mol. The number of carbonyl (C=O) groups is 4. The molecule has 0 aliphatic heterocycles. The number of hydrogen-bond donors (Lipinski definition) is 4. The van der Waals surface area contributed by atoms with Crippen LogP contribution in [-0.4, -0.2) is 48.9 Å². The molecule has 1 heterocycles. The van der Waals surface area contributed by atoms with Gasteiger partial charge < -0.3 is 20.4 Å². The fraction of sp³-hybridized carbons (Fsp3) is 0. The van der Waals surface area contributed by atoms with Crippen molar-refractivity contribution in [2.75, 3.05) is 0 Å². The summed E-state index contributed by atoms with van der Waals surface area (Å²) in [6.45, 7) is 0. The van der Waals surface area contributed by atoms with Gasteiger partial charge in [-0.3, -0.25) is 9.59 Å². The van der Waals surface area contributed by atoms with Crippen LogP contribution in [0.5, 0.6) is 0 Å². The first-order valence-corrected chi connectivity index (χ1v) is 6.97. The van der Waals surface area contributed by atoms with Crippen molar-refractivity contribution < 1.29 is 39.6 Å². The van der Waals surface area contributed by atoms with E-state index in [1.165, 1.54) is 12.1 Å². The van der Waals surface area contributed by atoms with E-state index >= 15 is 0 Å². The predicted octanol–water partition coefficient (Wildman–Crippen LogP) is 1.34. The molecule has 1 aromatic heterocycles. The molecule has 0 saturated heterocycles. The fourth-order valence-electron chi connectivity index (χ4n) is 2.04. The highest BCUT2D eigenvalue weighted by Crippen LogP contribution is 2.26. The van der Waals surface area contributed by atoms with E-state index < -0.39 is 35.0 Å². The lowest BCUT2D eigenvalue weighted by atomic mass is 10.0. The molecular formula is C17H11NO8.